The smallest absolute Gasteiger partial charge is 0.237 e. The number of hydrogen-bond donors (Lipinski definition) is 2. The summed E-state index contributed by atoms with van der Waals surface area (Å²) < 4.78 is 0. The van der Waals surface area contributed by atoms with Crippen LogP contribution >= 0.6 is 0 Å². The van der Waals surface area contributed by atoms with Crippen LogP contribution in [-0.2, 0) is 9.59 Å². The van der Waals surface area contributed by atoms with Crippen molar-refractivity contribution in [2.24, 2.45) is 5.92 Å². The van der Waals surface area contributed by atoms with Gasteiger partial charge in [0.05, 0.1) is 6.07 Å². The maximum absolute atomic E-state index is 11.5. The van der Waals surface area contributed by atoms with E-state index < -0.39 is 5.92 Å². The lowest BCUT2D eigenvalue weighted by atomic mass is 10.1. The Hall–Kier alpha value is -1.57. The van der Waals surface area contributed by atoms with E-state index in [1.54, 1.807) is 0 Å². The Bertz CT molecular complexity index is 318. The van der Waals surface area contributed by atoms with Gasteiger partial charge in [0, 0.05) is 19.0 Å². The SMILES string of the molecule is CCCC(C#N)C(=O)NCCC(=O)NC1CC1. The van der Waals surface area contributed by atoms with E-state index in [4.69, 9.17) is 5.26 Å². The number of rotatable bonds is 7. The molecule has 17 heavy (non-hydrogen) atoms. The molecule has 1 atom stereocenters. The molecule has 0 aromatic carbocycles. The minimum Gasteiger partial charge on any atom is -0.354 e. The average Bonchev–Trinajstić information content (AvgIpc) is 3.09. The first kappa shape index (κ1) is 13.5. The Morgan fingerprint density at radius 2 is 2.18 bits per heavy atom. The summed E-state index contributed by atoms with van der Waals surface area (Å²) in [7, 11) is 0. The van der Waals surface area contributed by atoms with Crippen molar-refractivity contribution in [3.05, 3.63) is 0 Å². The largest absolute Gasteiger partial charge is 0.354 e. The number of nitrogens with zero attached hydrogens (tertiary/aromatic N) is 1. The first-order valence-corrected chi connectivity index (χ1v) is 6.14. The van der Waals surface area contributed by atoms with Crippen molar-refractivity contribution in [3.63, 3.8) is 0 Å². The van der Waals surface area contributed by atoms with Crippen LogP contribution in [0.3, 0.4) is 0 Å². The fraction of sp³-hybridized carbons (Fsp3) is 0.750. The molecule has 94 valence electrons. The van der Waals surface area contributed by atoms with E-state index in [0.717, 1.165) is 19.3 Å². The quantitative estimate of drug-likeness (QED) is 0.684. The van der Waals surface area contributed by atoms with E-state index in [1.807, 2.05) is 13.0 Å². The van der Waals surface area contributed by atoms with Crippen LogP contribution in [0.4, 0.5) is 0 Å². The molecule has 0 aromatic heterocycles. The van der Waals surface area contributed by atoms with Gasteiger partial charge in [-0.25, -0.2) is 0 Å². The van der Waals surface area contributed by atoms with Gasteiger partial charge in [-0.05, 0) is 19.3 Å². The van der Waals surface area contributed by atoms with Gasteiger partial charge >= 0.3 is 0 Å². The summed E-state index contributed by atoms with van der Waals surface area (Å²) in [4.78, 5) is 22.8. The molecule has 0 bridgehead atoms. The normalized spacial score (nSPS) is 15.8. The van der Waals surface area contributed by atoms with E-state index in [-0.39, 0.29) is 18.2 Å². The van der Waals surface area contributed by atoms with Crippen molar-refractivity contribution < 1.29 is 9.59 Å². The molecule has 0 aromatic rings. The molecule has 1 aliphatic carbocycles. The summed E-state index contributed by atoms with van der Waals surface area (Å²) in [6, 6.07) is 2.32. The van der Waals surface area contributed by atoms with E-state index in [9.17, 15) is 9.59 Å². The molecule has 0 spiro atoms. The zero-order valence-electron chi connectivity index (χ0n) is 10.2. The van der Waals surface area contributed by atoms with Gasteiger partial charge in [0.25, 0.3) is 0 Å². The lowest BCUT2D eigenvalue weighted by Crippen LogP contribution is -2.34. The second-order valence-electron chi connectivity index (χ2n) is 4.35. The van der Waals surface area contributed by atoms with Crippen LogP contribution in [0.5, 0.6) is 0 Å². The zero-order chi connectivity index (χ0) is 12.7. The predicted octanol–water partition coefficient (Wildman–Crippen LogP) is 0.711. The van der Waals surface area contributed by atoms with E-state index in [1.165, 1.54) is 0 Å². The summed E-state index contributed by atoms with van der Waals surface area (Å²) in [6.07, 6.45) is 3.77. The number of nitrogens with one attached hydrogen (secondary N) is 2. The molecule has 1 unspecified atom stereocenters. The average molecular weight is 237 g/mol. The van der Waals surface area contributed by atoms with Gasteiger partial charge in [-0.3, -0.25) is 9.59 Å². The van der Waals surface area contributed by atoms with Crippen LogP contribution in [0.25, 0.3) is 0 Å². The summed E-state index contributed by atoms with van der Waals surface area (Å²) in [5, 5.41) is 14.2. The van der Waals surface area contributed by atoms with Gasteiger partial charge in [-0.1, -0.05) is 13.3 Å². The van der Waals surface area contributed by atoms with E-state index in [0.29, 0.717) is 19.0 Å². The molecule has 1 fully saturated rings. The summed E-state index contributed by atoms with van der Waals surface area (Å²) in [5.41, 5.74) is 0. The monoisotopic (exact) mass is 237 g/mol. The predicted molar refractivity (Wildman–Crippen MR) is 62.8 cm³/mol. The number of carbonyl (C=O) groups is 2. The third-order valence-corrected chi connectivity index (χ3v) is 2.64. The lowest BCUT2D eigenvalue weighted by molar-refractivity contribution is -0.124. The van der Waals surface area contributed by atoms with Gasteiger partial charge in [0.1, 0.15) is 5.92 Å². The molecular formula is C12H19N3O2. The Balaban J connectivity index is 2.13. The van der Waals surface area contributed by atoms with Crippen LogP contribution in [-0.4, -0.2) is 24.4 Å². The topological polar surface area (TPSA) is 82.0 Å². The number of amides is 2. The highest BCUT2D eigenvalue weighted by molar-refractivity contribution is 5.82. The minimum absolute atomic E-state index is 0.0307. The molecule has 1 aliphatic rings. The second-order valence-corrected chi connectivity index (χ2v) is 4.35. The van der Waals surface area contributed by atoms with Gasteiger partial charge in [-0.2, -0.15) is 5.26 Å². The molecule has 1 rings (SSSR count). The highest BCUT2D eigenvalue weighted by Gasteiger charge is 2.23. The minimum atomic E-state index is -0.591. The molecule has 2 amide bonds. The molecule has 0 aliphatic heterocycles. The van der Waals surface area contributed by atoms with Crippen LogP contribution in [0, 0.1) is 17.2 Å². The van der Waals surface area contributed by atoms with Crippen LogP contribution in [0.1, 0.15) is 39.0 Å². The maximum Gasteiger partial charge on any atom is 0.237 e. The Kier molecular flexibility index (Phi) is 5.47. The lowest BCUT2D eigenvalue weighted by Gasteiger charge is -2.09. The fourth-order valence-electron chi connectivity index (χ4n) is 1.49. The molecular weight excluding hydrogens is 218 g/mol. The summed E-state index contributed by atoms with van der Waals surface area (Å²) >= 11 is 0. The highest BCUT2D eigenvalue weighted by Crippen LogP contribution is 2.18. The van der Waals surface area contributed by atoms with Crippen LogP contribution < -0.4 is 10.6 Å². The molecule has 2 N–H and O–H groups in total. The zero-order valence-corrected chi connectivity index (χ0v) is 10.2. The van der Waals surface area contributed by atoms with Gasteiger partial charge in [0.2, 0.25) is 11.8 Å². The first-order chi connectivity index (χ1) is 8.17. The molecule has 5 nitrogen and oxygen atoms in total. The third kappa shape index (κ3) is 5.34. The van der Waals surface area contributed by atoms with Crippen LogP contribution in [0.2, 0.25) is 0 Å². The highest BCUT2D eigenvalue weighted by atomic mass is 16.2. The van der Waals surface area contributed by atoms with Crippen molar-refractivity contribution >= 4 is 11.8 Å². The summed E-state index contributed by atoms with van der Waals surface area (Å²) in [5.74, 6) is -0.892. The summed E-state index contributed by atoms with van der Waals surface area (Å²) in [6.45, 7) is 2.24. The van der Waals surface area contributed by atoms with Crippen molar-refractivity contribution in [1.82, 2.24) is 10.6 Å². The molecule has 1 saturated carbocycles. The van der Waals surface area contributed by atoms with Crippen molar-refractivity contribution in [2.45, 2.75) is 45.1 Å². The van der Waals surface area contributed by atoms with Crippen molar-refractivity contribution in [2.75, 3.05) is 6.54 Å². The number of nitriles is 1. The second kappa shape index (κ2) is 6.89. The third-order valence-electron chi connectivity index (χ3n) is 2.64. The Morgan fingerprint density at radius 1 is 1.47 bits per heavy atom. The van der Waals surface area contributed by atoms with Crippen molar-refractivity contribution in [1.29, 1.82) is 5.26 Å². The van der Waals surface area contributed by atoms with E-state index >= 15 is 0 Å². The fourth-order valence-corrected chi connectivity index (χ4v) is 1.49. The standard InChI is InChI=1S/C12H19N3O2/c1-2-3-9(8-13)12(17)14-7-6-11(16)15-10-4-5-10/h9-10H,2-7H2,1H3,(H,14,17)(H,15,16). The molecule has 0 radical (unpaired) electrons. The molecule has 0 heterocycles. The molecule has 0 saturated heterocycles. The molecule has 5 heteroatoms. The van der Waals surface area contributed by atoms with Gasteiger partial charge < -0.3 is 10.6 Å². The van der Waals surface area contributed by atoms with Gasteiger partial charge in [0.15, 0.2) is 0 Å². The number of carbonyl (C=O) groups excluding carboxylic acids is 2. The maximum atomic E-state index is 11.5. The number of hydrogen-bond acceptors (Lipinski definition) is 3. The Morgan fingerprint density at radius 3 is 2.71 bits per heavy atom. The Labute approximate surface area is 102 Å². The van der Waals surface area contributed by atoms with E-state index in [2.05, 4.69) is 10.6 Å². The first-order valence-electron chi connectivity index (χ1n) is 6.14. The van der Waals surface area contributed by atoms with Crippen molar-refractivity contribution in [3.8, 4) is 6.07 Å². The van der Waals surface area contributed by atoms with Crippen LogP contribution in [0.15, 0.2) is 0 Å². The van der Waals surface area contributed by atoms with Gasteiger partial charge in [-0.15, -0.1) is 0 Å².